The van der Waals surface area contributed by atoms with Crippen molar-refractivity contribution in [3.8, 4) is 0 Å². The van der Waals surface area contributed by atoms with Crippen LogP contribution in [-0.2, 0) is 0 Å². The van der Waals surface area contributed by atoms with E-state index in [2.05, 4.69) is 40.9 Å². The van der Waals surface area contributed by atoms with Gasteiger partial charge in [-0.15, -0.1) is 6.58 Å². The van der Waals surface area contributed by atoms with Gasteiger partial charge in [0, 0.05) is 18.9 Å². The van der Waals surface area contributed by atoms with Gasteiger partial charge in [-0.3, -0.25) is 0 Å². The fourth-order valence-corrected chi connectivity index (χ4v) is 1.49. The molecule has 0 spiro atoms. The van der Waals surface area contributed by atoms with E-state index in [1.807, 2.05) is 6.08 Å². The Hall–Kier alpha value is -1.18. The molecule has 1 heterocycles. The molecule has 1 atom stereocenters. The van der Waals surface area contributed by atoms with Crippen LogP contribution in [0.2, 0.25) is 0 Å². The minimum Gasteiger partial charge on any atom is -0.355 e. The Morgan fingerprint density at radius 2 is 2.33 bits per heavy atom. The fraction of sp³-hybridized carbons (Fsp3) is 0.400. The molecule has 0 radical (unpaired) electrons. The zero-order valence-electron chi connectivity index (χ0n) is 7.19. The largest absolute Gasteiger partial charge is 0.355 e. The van der Waals surface area contributed by atoms with Gasteiger partial charge in [0.2, 0.25) is 0 Å². The molecular weight excluding hydrogens is 148 g/mol. The smallest absolute Gasteiger partial charge is 0.0902 e. The molecule has 2 aliphatic rings. The first-order chi connectivity index (χ1) is 5.90. The van der Waals surface area contributed by atoms with Gasteiger partial charge in [-0.25, -0.2) is 0 Å². The predicted octanol–water partition coefficient (Wildman–Crippen LogP) is 1.55. The number of nitrogens with zero attached hydrogens (tertiary/aromatic N) is 2. The van der Waals surface area contributed by atoms with E-state index in [1.54, 1.807) is 0 Å². The van der Waals surface area contributed by atoms with E-state index in [4.69, 9.17) is 0 Å². The van der Waals surface area contributed by atoms with Gasteiger partial charge in [0.05, 0.1) is 12.7 Å². The second-order valence-corrected chi connectivity index (χ2v) is 3.24. The third-order valence-corrected chi connectivity index (χ3v) is 2.34. The minimum absolute atomic E-state index is 0.649. The Morgan fingerprint density at radius 1 is 1.50 bits per heavy atom. The molecule has 0 saturated carbocycles. The van der Waals surface area contributed by atoms with Crippen LogP contribution in [0.1, 0.15) is 6.42 Å². The molecule has 12 heavy (non-hydrogen) atoms. The molecule has 1 aliphatic carbocycles. The standard InChI is InChI=1S/C10H14N2/c1-2-6-11-7-8-12(9-11)10-4-3-5-10/h2-4,7-8,10H,1,5-6,9H2. The molecule has 2 nitrogen and oxygen atoms in total. The summed E-state index contributed by atoms with van der Waals surface area (Å²) in [5.74, 6) is 0. The molecule has 0 N–H and O–H groups in total. The van der Waals surface area contributed by atoms with Gasteiger partial charge in [-0.2, -0.15) is 0 Å². The molecular formula is C10H14N2. The number of hydrogen-bond donors (Lipinski definition) is 0. The van der Waals surface area contributed by atoms with E-state index in [9.17, 15) is 0 Å². The maximum Gasteiger partial charge on any atom is 0.0902 e. The van der Waals surface area contributed by atoms with E-state index in [0.717, 1.165) is 13.2 Å². The Bertz CT molecular complexity index is 230. The van der Waals surface area contributed by atoms with Gasteiger partial charge in [0.25, 0.3) is 0 Å². The molecule has 0 aromatic rings. The van der Waals surface area contributed by atoms with E-state index in [-0.39, 0.29) is 0 Å². The highest BCUT2D eigenvalue weighted by atomic mass is 15.3. The van der Waals surface area contributed by atoms with Crippen LogP contribution in [0, 0.1) is 0 Å². The van der Waals surface area contributed by atoms with Crippen LogP contribution >= 0.6 is 0 Å². The van der Waals surface area contributed by atoms with Crippen LogP contribution in [-0.4, -0.2) is 29.1 Å². The minimum atomic E-state index is 0.649. The van der Waals surface area contributed by atoms with Crippen molar-refractivity contribution in [3.63, 3.8) is 0 Å². The molecule has 2 heteroatoms. The molecule has 64 valence electrons. The SMILES string of the molecule is C=CCN1C=CN(C2C=CC2)C1. The van der Waals surface area contributed by atoms with Crippen molar-refractivity contribution < 1.29 is 0 Å². The number of hydrogen-bond acceptors (Lipinski definition) is 2. The van der Waals surface area contributed by atoms with Crippen LogP contribution in [0.5, 0.6) is 0 Å². The summed E-state index contributed by atoms with van der Waals surface area (Å²) in [6, 6.07) is 0.649. The molecule has 0 amide bonds. The third kappa shape index (κ3) is 1.24. The lowest BCUT2D eigenvalue weighted by molar-refractivity contribution is 0.239. The summed E-state index contributed by atoms with van der Waals surface area (Å²) in [4.78, 5) is 4.60. The molecule has 0 aromatic carbocycles. The van der Waals surface area contributed by atoms with Crippen molar-refractivity contribution >= 4 is 0 Å². The van der Waals surface area contributed by atoms with Crippen LogP contribution in [0.4, 0.5) is 0 Å². The number of rotatable bonds is 3. The predicted molar refractivity (Wildman–Crippen MR) is 50.3 cm³/mol. The molecule has 0 aromatic heterocycles. The summed E-state index contributed by atoms with van der Waals surface area (Å²) in [5.41, 5.74) is 0. The summed E-state index contributed by atoms with van der Waals surface area (Å²) in [7, 11) is 0. The van der Waals surface area contributed by atoms with Crippen molar-refractivity contribution in [1.82, 2.24) is 9.80 Å². The van der Waals surface area contributed by atoms with E-state index >= 15 is 0 Å². The van der Waals surface area contributed by atoms with Crippen LogP contribution in [0.3, 0.4) is 0 Å². The van der Waals surface area contributed by atoms with Crippen molar-refractivity contribution in [2.24, 2.45) is 0 Å². The highest BCUT2D eigenvalue weighted by Gasteiger charge is 2.20. The quantitative estimate of drug-likeness (QED) is 0.581. The highest BCUT2D eigenvalue weighted by Crippen LogP contribution is 2.19. The Labute approximate surface area is 73.5 Å². The topological polar surface area (TPSA) is 6.48 Å². The summed E-state index contributed by atoms with van der Waals surface area (Å²) < 4.78 is 0. The van der Waals surface area contributed by atoms with Gasteiger partial charge in [-0.05, 0) is 6.42 Å². The maximum atomic E-state index is 3.72. The zero-order valence-corrected chi connectivity index (χ0v) is 7.19. The monoisotopic (exact) mass is 162 g/mol. The molecule has 2 rings (SSSR count). The molecule has 0 fully saturated rings. The van der Waals surface area contributed by atoms with Crippen molar-refractivity contribution in [3.05, 3.63) is 37.2 Å². The third-order valence-electron chi connectivity index (χ3n) is 2.34. The van der Waals surface area contributed by atoms with Crippen LogP contribution < -0.4 is 0 Å². The second kappa shape index (κ2) is 3.05. The van der Waals surface area contributed by atoms with E-state index in [0.29, 0.717) is 6.04 Å². The Balaban J connectivity index is 1.86. The van der Waals surface area contributed by atoms with Crippen LogP contribution in [0.15, 0.2) is 37.2 Å². The van der Waals surface area contributed by atoms with Gasteiger partial charge in [0.15, 0.2) is 0 Å². The summed E-state index contributed by atoms with van der Waals surface area (Å²) in [6.07, 6.45) is 11.9. The molecule has 0 saturated heterocycles. The first-order valence-corrected chi connectivity index (χ1v) is 4.36. The highest BCUT2D eigenvalue weighted by molar-refractivity contribution is 5.11. The van der Waals surface area contributed by atoms with Gasteiger partial charge >= 0.3 is 0 Å². The fourth-order valence-electron chi connectivity index (χ4n) is 1.49. The van der Waals surface area contributed by atoms with E-state index in [1.165, 1.54) is 6.42 Å². The van der Waals surface area contributed by atoms with Gasteiger partial charge < -0.3 is 9.80 Å². The molecule has 0 bridgehead atoms. The first kappa shape index (κ1) is 7.47. The average molecular weight is 162 g/mol. The molecule has 1 aliphatic heterocycles. The van der Waals surface area contributed by atoms with Crippen LogP contribution in [0.25, 0.3) is 0 Å². The van der Waals surface area contributed by atoms with Gasteiger partial charge in [-0.1, -0.05) is 18.2 Å². The van der Waals surface area contributed by atoms with E-state index < -0.39 is 0 Å². The van der Waals surface area contributed by atoms with Crippen molar-refractivity contribution in [2.75, 3.05) is 13.2 Å². The Kier molecular flexibility index (Phi) is 1.90. The van der Waals surface area contributed by atoms with Crippen molar-refractivity contribution in [1.29, 1.82) is 0 Å². The molecule has 1 unspecified atom stereocenters. The Morgan fingerprint density at radius 3 is 2.92 bits per heavy atom. The summed E-state index contributed by atoms with van der Waals surface area (Å²) in [6.45, 7) is 5.68. The second-order valence-electron chi connectivity index (χ2n) is 3.24. The summed E-state index contributed by atoms with van der Waals surface area (Å²) in [5, 5.41) is 0. The zero-order chi connectivity index (χ0) is 8.39. The van der Waals surface area contributed by atoms with Gasteiger partial charge in [0.1, 0.15) is 0 Å². The lowest BCUT2D eigenvalue weighted by Crippen LogP contribution is -2.35. The first-order valence-electron chi connectivity index (χ1n) is 4.36. The van der Waals surface area contributed by atoms with Crippen molar-refractivity contribution in [2.45, 2.75) is 12.5 Å². The maximum absolute atomic E-state index is 3.72. The summed E-state index contributed by atoms with van der Waals surface area (Å²) >= 11 is 0. The lowest BCUT2D eigenvalue weighted by atomic mass is 10.0. The lowest BCUT2D eigenvalue weighted by Gasteiger charge is -2.30. The normalized spacial score (nSPS) is 26.2. The average Bonchev–Trinajstić information content (AvgIpc) is 2.34.